The van der Waals surface area contributed by atoms with Crippen LogP contribution >= 0.6 is 11.6 Å². The van der Waals surface area contributed by atoms with Gasteiger partial charge in [0, 0.05) is 11.3 Å². The molecule has 1 amide bonds. The van der Waals surface area contributed by atoms with Crippen LogP contribution in [0.3, 0.4) is 0 Å². The Hall–Kier alpha value is -3.18. The third-order valence-electron chi connectivity index (χ3n) is 4.64. The van der Waals surface area contributed by atoms with Crippen LogP contribution in [0.2, 0.25) is 5.02 Å². The summed E-state index contributed by atoms with van der Waals surface area (Å²) in [4.78, 5) is 17.0. The minimum Gasteiger partial charge on any atom is -0.436 e. The molecule has 0 bridgehead atoms. The van der Waals surface area contributed by atoms with Crippen molar-refractivity contribution >= 4 is 34.3 Å². The number of oxazole rings is 1. The Bertz CT molecular complexity index is 1200. The fourth-order valence-corrected chi connectivity index (χ4v) is 3.19. The minimum atomic E-state index is -0.396. The van der Waals surface area contributed by atoms with Gasteiger partial charge in [-0.25, -0.2) is 9.37 Å². The number of amides is 1. The van der Waals surface area contributed by atoms with Gasteiger partial charge in [-0.1, -0.05) is 31.5 Å². The highest BCUT2D eigenvalue weighted by atomic mass is 35.5. The smallest absolute Gasteiger partial charge is 0.255 e. The Morgan fingerprint density at radius 1 is 1.07 bits per heavy atom. The van der Waals surface area contributed by atoms with E-state index in [1.165, 1.54) is 29.8 Å². The number of hydrogen-bond acceptors (Lipinski definition) is 3. The van der Waals surface area contributed by atoms with Crippen LogP contribution in [-0.2, 0) is 0 Å². The van der Waals surface area contributed by atoms with E-state index in [1.54, 1.807) is 18.2 Å². The first-order valence-corrected chi connectivity index (χ1v) is 9.56. The molecule has 0 fully saturated rings. The van der Waals surface area contributed by atoms with E-state index in [1.807, 2.05) is 18.2 Å². The Kier molecular flexibility index (Phi) is 5.07. The van der Waals surface area contributed by atoms with Crippen molar-refractivity contribution in [2.75, 3.05) is 5.32 Å². The molecule has 0 aliphatic carbocycles. The highest BCUT2D eigenvalue weighted by Gasteiger charge is 2.15. The largest absolute Gasteiger partial charge is 0.436 e. The van der Waals surface area contributed by atoms with Crippen molar-refractivity contribution in [2.45, 2.75) is 19.8 Å². The monoisotopic (exact) mass is 408 g/mol. The second-order valence-corrected chi connectivity index (χ2v) is 7.46. The predicted molar refractivity (Wildman–Crippen MR) is 113 cm³/mol. The zero-order chi connectivity index (χ0) is 20.5. The highest BCUT2D eigenvalue weighted by molar-refractivity contribution is 6.33. The van der Waals surface area contributed by atoms with Gasteiger partial charge in [0.2, 0.25) is 5.89 Å². The number of carbonyl (C=O) groups is 1. The molecule has 0 radical (unpaired) electrons. The third-order valence-corrected chi connectivity index (χ3v) is 4.97. The summed E-state index contributed by atoms with van der Waals surface area (Å²) in [6.45, 7) is 4.23. The van der Waals surface area contributed by atoms with Crippen LogP contribution in [-0.4, -0.2) is 10.9 Å². The number of nitrogens with zero attached hydrogens (tertiary/aromatic N) is 1. The molecule has 0 saturated heterocycles. The molecule has 0 aliphatic heterocycles. The summed E-state index contributed by atoms with van der Waals surface area (Å²) in [7, 11) is 0. The zero-order valence-corrected chi connectivity index (χ0v) is 16.6. The van der Waals surface area contributed by atoms with Crippen LogP contribution in [0.1, 0.15) is 35.7 Å². The Morgan fingerprint density at radius 3 is 2.55 bits per heavy atom. The molecule has 0 unspecified atom stereocenters. The molecule has 29 heavy (non-hydrogen) atoms. The molecule has 4 nitrogen and oxygen atoms in total. The Morgan fingerprint density at radius 2 is 1.83 bits per heavy atom. The summed E-state index contributed by atoms with van der Waals surface area (Å²) in [6.07, 6.45) is 0. The molecule has 1 heterocycles. The first-order valence-electron chi connectivity index (χ1n) is 9.18. The number of hydrogen-bond donors (Lipinski definition) is 1. The van der Waals surface area contributed by atoms with E-state index < -0.39 is 5.82 Å². The number of aromatic nitrogens is 1. The number of rotatable bonds is 4. The van der Waals surface area contributed by atoms with Crippen LogP contribution in [0.25, 0.3) is 22.6 Å². The van der Waals surface area contributed by atoms with E-state index in [2.05, 4.69) is 24.1 Å². The average molecular weight is 409 g/mol. The van der Waals surface area contributed by atoms with E-state index >= 15 is 0 Å². The lowest BCUT2D eigenvalue weighted by Crippen LogP contribution is -2.11. The topological polar surface area (TPSA) is 55.1 Å². The number of carbonyl (C=O) groups excluding carboxylic acids is 1. The standard InChI is InChI=1S/C23H18ClFN2O2/c1-13(2)15-5-10-21-20(11-15)27-23(29-21)18-12-17(8-9-19(18)24)26-22(28)14-3-6-16(25)7-4-14/h3-13H,1-2H3,(H,26,28). The zero-order valence-electron chi connectivity index (χ0n) is 15.9. The maximum atomic E-state index is 13.1. The average Bonchev–Trinajstić information content (AvgIpc) is 3.13. The van der Waals surface area contributed by atoms with Crippen LogP contribution in [0.5, 0.6) is 0 Å². The summed E-state index contributed by atoms with van der Waals surface area (Å²) in [5, 5.41) is 3.24. The summed E-state index contributed by atoms with van der Waals surface area (Å²) in [6, 6.07) is 16.3. The molecule has 0 atom stereocenters. The molecule has 0 spiro atoms. The molecule has 0 saturated carbocycles. The number of anilines is 1. The molecule has 1 aromatic heterocycles. The van der Waals surface area contributed by atoms with Gasteiger partial charge in [0.1, 0.15) is 11.3 Å². The van der Waals surface area contributed by atoms with Crippen molar-refractivity contribution in [3.63, 3.8) is 0 Å². The van der Waals surface area contributed by atoms with E-state index in [-0.39, 0.29) is 5.91 Å². The van der Waals surface area contributed by atoms with Gasteiger partial charge in [-0.3, -0.25) is 4.79 Å². The molecular formula is C23H18ClFN2O2. The first kappa shape index (κ1) is 19.2. The fourth-order valence-electron chi connectivity index (χ4n) is 2.99. The SMILES string of the molecule is CC(C)c1ccc2oc(-c3cc(NC(=O)c4ccc(F)cc4)ccc3Cl)nc2c1. The van der Waals surface area contributed by atoms with Gasteiger partial charge in [0.05, 0.1) is 10.6 Å². The summed E-state index contributed by atoms with van der Waals surface area (Å²) < 4.78 is 18.9. The molecule has 0 aliphatic rings. The number of fused-ring (bicyclic) bond motifs is 1. The van der Waals surface area contributed by atoms with Gasteiger partial charge in [-0.05, 0) is 66.1 Å². The van der Waals surface area contributed by atoms with Crippen molar-refractivity contribution in [3.05, 3.63) is 82.6 Å². The fraction of sp³-hybridized carbons (Fsp3) is 0.130. The van der Waals surface area contributed by atoms with E-state index in [4.69, 9.17) is 16.0 Å². The van der Waals surface area contributed by atoms with E-state index in [0.29, 0.717) is 39.2 Å². The highest BCUT2D eigenvalue weighted by Crippen LogP contribution is 2.33. The second kappa shape index (κ2) is 7.68. The first-order chi connectivity index (χ1) is 13.9. The van der Waals surface area contributed by atoms with E-state index in [9.17, 15) is 9.18 Å². The maximum Gasteiger partial charge on any atom is 0.255 e. The quantitative estimate of drug-likeness (QED) is 0.410. The van der Waals surface area contributed by atoms with Crippen LogP contribution in [0.15, 0.2) is 65.1 Å². The normalized spacial score (nSPS) is 11.2. The third kappa shape index (κ3) is 4.00. The molecular weight excluding hydrogens is 391 g/mol. The van der Waals surface area contributed by atoms with Crippen molar-refractivity contribution in [3.8, 4) is 11.5 Å². The predicted octanol–water partition coefficient (Wildman–Crippen LogP) is 6.66. The molecule has 1 N–H and O–H groups in total. The van der Waals surface area contributed by atoms with Gasteiger partial charge in [-0.15, -0.1) is 0 Å². The second-order valence-electron chi connectivity index (χ2n) is 7.06. The summed E-state index contributed by atoms with van der Waals surface area (Å²) in [5.41, 5.74) is 4.05. The number of benzene rings is 3. The van der Waals surface area contributed by atoms with Crippen molar-refractivity contribution in [1.82, 2.24) is 4.98 Å². The molecule has 6 heteroatoms. The molecule has 4 rings (SSSR count). The lowest BCUT2D eigenvalue weighted by atomic mass is 10.0. The number of halogens is 2. The van der Waals surface area contributed by atoms with Gasteiger partial charge in [0.15, 0.2) is 5.58 Å². The van der Waals surface area contributed by atoms with E-state index in [0.717, 1.165) is 5.52 Å². The number of nitrogens with one attached hydrogen (secondary N) is 1. The van der Waals surface area contributed by atoms with Crippen molar-refractivity contribution in [1.29, 1.82) is 0 Å². The molecule has 4 aromatic rings. The lowest BCUT2D eigenvalue weighted by molar-refractivity contribution is 0.102. The van der Waals surface area contributed by atoms with Crippen molar-refractivity contribution < 1.29 is 13.6 Å². The van der Waals surface area contributed by atoms with Crippen LogP contribution in [0.4, 0.5) is 10.1 Å². The Labute approximate surface area is 172 Å². The summed E-state index contributed by atoms with van der Waals surface area (Å²) in [5.74, 6) is 0.0150. The van der Waals surface area contributed by atoms with Gasteiger partial charge in [-0.2, -0.15) is 0 Å². The summed E-state index contributed by atoms with van der Waals surface area (Å²) >= 11 is 6.36. The van der Waals surface area contributed by atoms with Gasteiger partial charge in [0.25, 0.3) is 5.91 Å². The molecule has 146 valence electrons. The van der Waals surface area contributed by atoms with Crippen molar-refractivity contribution in [2.24, 2.45) is 0 Å². The van der Waals surface area contributed by atoms with Crippen LogP contribution in [0, 0.1) is 5.82 Å². The molecule has 3 aromatic carbocycles. The van der Waals surface area contributed by atoms with Gasteiger partial charge >= 0.3 is 0 Å². The maximum absolute atomic E-state index is 13.1. The minimum absolute atomic E-state index is 0.350. The van der Waals surface area contributed by atoms with Gasteiger partial charge < -0.3 is 9.73 Å². The lowest BCUT2D eigenvalue weighted by Gasteiger charge is -2.07. The van der Waals surface area contributed by atoms with Crippen LogP contribution < -0.4 is 5.32 Å². The Balaban J connectivity index is 1.65.